The summed E-state index contributed by atoms with van der Waals surface area (Å²) in [6, 6.07) is 4.59. The lowest BCUT2D eigenvalue weighted by atomic mass is 10.3. The molecule has 0 radical (unpaired) electrons. The van der Waals surface area contributed by atoms with Crippen molar-refractivity contribution in [2.45, 2.75) is 4.90 Å². The fraction of sp³-hybridized carbons (Fsp3) is 0. The van der Waals surface area contributed by atoms with Gasteiger partial charge in [-0.25, -0.2) is 18.6 Å². The van der Waals surface area contributed by atoms with Crippen LogP contribution >= 0.6 is 23.5 Å². The first kappa shape index (κ1) is 11.2. The predicted octanol–water partition coefficient (Wildman–Crippen LogP) is 1.10. The standard InChI is InChI=1S/C8H7ClN4O2S2/c9-7-8-11-5-2-1-4(17(10,14)15)3-6(5)13(8)12-16-7/h1-3,11-12H,(H2,10,14,15). The molecule has 90 valence electrons. The van der Waals surface area contributed by atoms with Crippen molar-refractivity contribution in [1.82, 2.24) is 4.83 Å². The lowest BCUT2D eigenvalue weighted by Gasteiger charge is -2.12. The average molecular weight is 291 g/mol. The normalized spacial score (nSPS) is 18.1. The second kappa shape index (κ2) is 3.53. The Morgan fingerprint density at radius 3 is 2.88 bits per heavy atom. The zero-order valence-electron chi connectivity index (χ0n) is 8.27. The summed E-state index contributed by atoms with van der Waals surface area (Å²) in [6.45, 7) is 0. The monoisotopic (exact) mass is 290 g/mol. The summed E-state index contributed by atoms with van der Waals surface area (Å²) in [5.74, 6) is 0.693. The number of primary sulfonamides is 1. The van der Waals surface area contributed by atoms with E-state index in [1.54, 1.807) is 11.1 Å². The Morgan fingerprint density at radius 1 is 1.41 bits per heavy atom. The Labute approximate surface area is 107 Å². The Balaban J connectivity index is 2.14. The van der Waals surface area contributed by atoms with Crippen molar-refractivity contribution in [2.24, 2.45) is 5.14 Å². The summed E-state index contributed by atoms with van der Waals surface area (Å²) in [7, 11) is -3.70. The number of hydrogen-bond acceptors (Lipinski definition) is 6. The number of fused-ring (bicyclic) bond motifs is 3. The van der Waals surface area contributed by atoms with Crippen molar-refractivity contribution in [3.05, 3.63) is 28.4 Å². The molecule has 1 aromatic carbocycles. The van der Waals surface area contributed by atoms with E-state index in [1.165, 1.54) is 24.1 Å². The van der Waals surface area contributed by atoms with E-state index in [0.717, 1.165) is 5.69 Å². The summed E-state index contributed by atoms with van der Waals surface area (Å²) in [6.07, 6.45) is 0. The molecule has 0 bridgehead atoms. The molecule has 0 fully saturated rings. The molecule has 2 aliphatic rings. The van der Waals surface area contributed by atoms with Crippen LogP contribution in [0.3, 0.4) is 0 Å². The van der Waals surface area contributed by atoms with Crippen molar-refractivity contribution in [1.29, 1.82) is 0 Å². The number of halogens is 1. The number of hydrogen-bond donors (Lipinski definition) is 3. The first-order chi connectivity index (χ1) is 7.97. The Kier molecular flexibility index (Phi) is 2.32. The second-order valence-electron chi connectivity index (χ2n) is 3.50. The molecule has 0 saturated carbocycles. The van der Waals surface area contributed by atoms with Crippen LogP contribution in [0, 0.1) is 0 Å². The van der Waals surface area contributed by atoms with Crippen molar-refractivity contribution >= 4 is 44.9 Å². The van der Waals surface area contributed by atoms with Crippen LogP contribution in [0.5, 0.6) is 0 Å². The number of rotatable bonds is 1. The summed E-state index contributed by atoms with van der Waals surface area (Å²) < 4.78 is 23.1. The van der Waals surface area contributed by atoms with E-state index >= 15 is 0 Å². The fourth-order valence-electron chi connectivity index (χ4n) is 1.65. The highest BCUT2D eigenvalue weighted by atomic mass is 35.5. The van der Waals surface area contributed by atoms with E-state index in [2.05, 4.69) is 10.1 Å². The molecule has 2 heterocycles. The van der Waals surface area contributed by atoms with Crippen LogP contribution in [-0.4, -0.2) is 8.42 Å². The van der Waals surface area contributed by atoms with Gasteiger partial charge in [-0.05, 0) is 30.1 Å². The maximum absolute atomic E-state index is 11.3. The van der Waals surface area contributed by atoms with Crippen LogP contribution in [0.2, 0.25) is 0 Å². The van der Waals surface area contributed by atoms with Gasteiger partial charge in [0.15, 0.2) is 5.82 Å². The smallest absolute Gasteiger partial charge is 0.238 e. The van der Waals surface area contributed by atoms with Gasteiger partial charge in [0.05, 0.1) is 16.3 Å². The van der Waals surface area contributed by atoms with Crippen LogP contribution in [0.1, 0.15) is 0 Å². The van der Waals surface area contributed by atoms with E-state index in [-0.39, 0.29) is 4.90 Å². The van der Waals surface area contributed by atoms with Crippen LogP contribution in [0.4, 0.5) is 11.4 Å². The Bertz CT molecular complexity index is 643. The van der Waals surface area contributed by atoms with E-state index in [4.69, 9.17) is 16.7 Å². The van der Waals surface area contributed by atoms with Gasteiger partial charge < -0.3 is 5.32 Å². The Hall–Kier alpha value is -0.930. The van der Waals surface area contributed by atoms with Crippen molar-refractivity contribution < 1.29 is 8.42 Å². The van der Waals surface area contributed by atoms with Crippen molar-refractivity contribution in [3.8, 4) is 0 Å². The lowest BCUT2D eigenvalue weighted by molar-refractivity contribution is 0.598. The summed E-state index contributed by atoms with van der Waals surface area (Å²) in [4.78, 5) is 3.01. The van der Waals surface area contributed by atoms with E-state index in [0.29, 0.717) is 15.9 Å². The first-order valence-corrected chi connectivity index (χ1v) is 7.27. The molecule has 0 atom stereocenters. The first-order valence-electron chi connectivity index (χ1n) is 4.53. The van der Waals surface area contributed by atoms with E-state index < -0.39 is 10.0 Å². The van der Waals surface area contributed by atoms with Gasteiger partial charge in [0.25, 0.3) is 0 Å². The molecule has 17 heavy (non-hydrogen) atoms. The third-order valence-electron chi connectivity index (χ3n) is 2.43. The van der Waals surface area contributed by atoms with E-state index in [9.17, 15) is 8.42 Å². The van der Waals surface area contributed by atoms with Gasteiger partial charge in [-0.15, -0.1) is 0 Å². The molecule has 1 aromatic rings. The minimum Gasteiger partial charge on any atom is -0.337 e. The topological polar surface area (TPSA) is 87.5 Å². The molecule has 2 aliphatic heterocycles. The van der Waals surface area contributed by atoms with Gasteiger partial charge in [-0.2, -0.15) is 4.83 Å². The number of nitrogens with two attached hydrogens (primary N) is 1. The van der Waals surface area contributed by atoms with Crippen LogP contribution in [-0.2, 0) is 10.0 Å². The minimum atomic E-state index is -3.70. The molecule has 9 heteroatoms. The van der Waals surface area contributed by atoms with Gasteiger partial charge >= 0.3 is 0 Å². The average Bonchev–Trinajstić information content (AvgIpc) is 2.77. The molecular formula is C8H7ClN4O2S2. The summed E-state index contributed by atoms with van der Waals surface area (Å²) >= 11 is 7.21. The van der Waals surface area contributed by atoms with Gasteiger partial charge in [-0.1, -0.05) is 11.6 Å². The minimum absolute atomic E-state index is 0.0640. The molecule has 0 saturated heterocycles. The maximum atomic E-state index is 11.3. The molecule has 4 N–H and O–H groups in total. The largest absolute Gasteiger partial charge is 0.337 e. The van der Waals surface area contributed by atoms with Gasteiger partial charge in [0.2, 0.25) is 10.0 Å². The SMILES string of the molecule is NS(=O)(=O)c1ccc2c(c1)N1NSC(Cl)=C1N2. The highest BCUT2D eigenvalue weighted by molar-refractivity contribution is 8.03. The quantitative estimate of drug-likeness (QED) is 0.671. The molecule has 0 aliphatic carbocycles. The molecule has 3 rings (SSSR count). The Morgan fingerprint density at radius 2 is 2.18 bits per heavy atom. The number of nitrogens with one attached hydrogen (secondary N) is 2. The predicted molar refractivity (Wildman–Crippen MR) is 67.5 cm³/mol. The van der Waals surface area contributed by atoms with Crippen LogP contribution < -0.4 is 20.3 Å². The number of nitrogens with zero attached hydrogens (tertiary/aromatic N) is 1. The van der Waals surface area contributed by atoms with Crippen molar-refractivity contribution in [3.63, 3.8) is 0 Å². The number of benzene rings is 1. The highest BCUT2D eigenvalue weighted by Crippen LogP contribution is 2.44. The fourth-order valence-corrected chi connectivity index (χ4v) is 3.02. The number of sulfonamides is 1. The molecule has 0 unspecified atom stereocenters. The zero-order chi connectivity index (χ0) is 12.2. The summed E-state index contributed by atoms with van der Waals surface area (Å²) in [5, 5.41) is 9.84. The van der Waals surface area contributed by atoms with Crippen molar-refractivity contribution in [2.75, 3.05) is 10.3 Å². The van der Waals surface area contributed by atoms with E-state index in [1.807, 2.05) is 0 Å². The molecular weight excluding hydrogens is 284 g/mol. The van der Waals surface area contributed by atoms with Crippen LogP contribution in [0.15, 0.2) is 33.3 Å². The summed E-state index contributed by atoms with van der Waals surface area (Å²) in [5.41, 5.74) is 1.45. The second-order valence-corrected chi connectivity index (χ2v) is 6.46. The molecule has 6 nitrogen and oxygen atoms in total. The molecule has 0 amide bonds. The van der Waals surface area contributed by atoms with Gasteiger partial charge in [-0.3, -0.25) is 0 Å². The third kappa shape index (κ3) is 1.69. The molecule has 0 spiro atoms. The third-order valence-corrected chi connectivity index (χ3v) is 4.40. The van der Waals surface area contributed by atoms with Crippen LogP contribution in [0.25, 0.3) is 0 Å². The lowest BCUT2D eigenvalue weighted by Crippen LogP contribution is -2.26. The molecule has 0 aromatic heterocycles. The number of hydrazine groups is 1. The van der Waals surface area contributed by atoms with Gasteiger partial charge in [0.1, 0.15) is 4.36 Å². The zero-order valence-corrected chi connectivity index (χ0v) is 10.7. The maximum Gasteiger partial charge on any atom is 0.238 e. The highest BCUT2D eigenvalue weighted by Gasteiger charge is 2.32. The number of anilines is 2. The van der Waals surface area contributed by atoms with Gasteiger partial charge in [0, 0.05) is 0 Å².